The Morgan fingerprint density at radius 2 is 1.62 bits per heavy atom. The van der Waals surface area contributed by atoms with Crippen molar-refractivity contribution in [1.82, 2.24) is 0 Å². The monoisotopic (exact) mass is 226 g/mol. The molecule has 90 valence electrons. The molecule has 0 amide bonds. The Morgan fingerprint density at radius 3 is 2.06 bits per heavy atom. The molecule has 0 bridgehead atoms. The van der Waals surface area contributed by atoms with E-state index in [1.54, 1.807) is 39.5 Å². The summed E-state index contributed by atoms with van der Waals surface area (Å²) in [6.45, 7) is 0.515. The van der Waals surface area contributed by atoms with E-state index in [0.29, 0.717) is 24.5 Å². The molecule has 1 rings (SSSR count). The quantitative estimate of drug-likeness (QED) is 0.803. The summed E-state index contributed by atoms with van der Waals surface area (Å²) in [5.74, 6) is 1.34. The van der Waals surface area contributed by atoms with Crippen LogP contribution in [0.2, 0.25) is 0 Å². The van der Waals surface area contributed by atoms with Crippen LogP contribution in [0.3, 0.4) is 0 Å². The number of ether oxygens (including phenoxy) is 3. The van der Waals surface area contributed by atoms with Crippen LogP contribution in [0.5, 0.6) is 11.5 Å². The van der Waals surface area contributed by atoms with Gasteiger partial charge >= 0.3 is 0 Å². The summed E-state index contributed by atoms with van der Waals surface area (Å²) in [6.07, 6.45) is -0.0174. The molecule has 4 nitrogen and oxygen atoms in total. The van der Waals surface area contributed by atoms with Crippen LogP contribution in [0, 0.1) is 0 Å². The molecule has 1 N–H and O–H groups in total. The first-order chi connectivity index (χ1) is 7.71. The van der Waals surface area contributed by atoms with Gasteiger partial charge in [0.2, 0.25) is 0 Å². The number of methoxy groups -OCH3 is 3. The van der Waals surface area contributed by atoms with Crippen molar-refractivity contribution in [2.24, 2.45) is 0 Å². The van der Waals surface area contributed by atoms with Gasteiger partial charge < -0.3 is 19.3 Å². The molecule has 0 saturated heterocycles. The minimum Gasteiger partial charge on any atom is -0.497 e. The molecule has 0 heterocycles. The number of aliphatic hydroxyl groups excluding tert-OH is 1. The fourth-order valence-corrected chi connectivity index (χ4v) is 1.42. The van der Waals surface area contributed by atoms with Crippen LogP contribution in [0.4, 0.5) is 0 Å². The highest BCUT2D eigenvalue weighted by Gasteiger charge is 2.10. The predicted octanol–water partition coefficient (Wildman–Crippen LogP) is 1.77. The Morgan fingerprint density at radius 1 is 1.06 bits per heavy atom. The van der Waals surface area contributed by atoms with E-state index < -0.39 is 6.10 Å². The van der Waals surface area contributed by atoms with Gasteiger partial charge in [-0.15, -0.1) is 0 Å². The van der Waals surface area contributed by atoms with E-state index in [9.17, 15) is 5.11 Å². The molecule has 1 aromatic rings. The van der Waals surface area contributed by atoms with Crippen molar-refractivity contribution >= 4 is 0 Å². The third-order valence-corrected chi connectivity index (χ3v) is 2.35. The minimum absolute atomic E-state index is 0.515. The predicted molar refractivity (Wildman–Crippen MR) is 61.0 cm³/mol. The molecule has 1 aromatic carbocycles. The molecule has 0 spiro atoms. The highest BCUT2D eigenvalue weighted by molar-refractivity contribution is 5.39. The second-order valence-electron chi connectivity index (χ2n) is 3.44. The van der Waals surface area contributed by atoms with Crippen LogP contribution in [0.1, 0.15) is 18.1 Å². The van der Waals surface area contributed by atoms with Gasteiger partial charge in [-0.05, 0) is 17.7 Å². The van der Waals surface area contributed by atoms with E-state index in [0.717, 1.165) is 5.56 Å². The van der Waals surface area contributed by atoms with E-state index in [1.165, 1.54) is 0 Å². The first-order valence-electron chi connectivity index (χ1n) is 5.11. The minimum atomic E-state index is -0.566. The number of hydrogen-bond donors (Lipinski definition) is 1. The fraction of sp³-hybridized carbons (Fsp3) is 0.500. The van der Waals surface area contributed by atoms with Gasteiger partial charge in [0.15, 0.2) is 0 Å². The number of benzene rings is 1. The zero-order chi connectivity index (χ0) is 12.0. The Hall–Kier alpha value is -1.26. The molecule has 4 heteroatoms. The molecule has 0 radical (unpaired) electrons. The van der Waals surface area contributed by atoms with Crippen molar-refractivity contribution in [1.29, 1.82) is 0 Å². The summed E-state index contributed by atoms with van der Waals surface area (Å²) in [6, 6.07) is 5.36. The maximum absolute atomic E-state index is 9.90. The Kier molecular flexibility index (Phi) is 5.08. The Bertz CT molecular complexity index is 303. The molecule has 0 aliphatic heterocycles. The molecular weight excluding hydrogens is 208 g/mol. The van der Waals surface area contributed by atoms with Gasteiger partial charge in [0.1, 0.15) is 11.5 Å². The first-order valence-corrected chi connectivity index (χ1v) is 5.11. The van der Waals surface area contributed by atoms with E-state index in [-0.39, 0.29) is 0 Å². The van der Waals surface area contributed by atoms with Gasteiger partial charge in [-0.1, -0.05) is 0 Å². The van der Waals surface area contributed by atoms with Crippen molar-refractivity contribution in [2.45, 2.75) is 12.5 Å². The highest BCUT2D eigenvalue weighted by Crippen LogP contribution is 2.27. The van der Waals surface area contributed by atoms with Crippen molar-refractivity contribution in [2.75, 3.05) is 27.9 Å². The third-order valence-electron chi connectivity index (χ3n) is 2.35. The van der Waals surface area contributed by atoms with Crippen LogP contribution in [0.15, 0.2) is 18.2 Å². The van der Waals surface area contributed by atoms with Crippen LogP contribution in [0.25, 0.3) is 0 Å². The summed E-state index contributed by atoms with van der Waals surface area (Å²) in [5, 5.41) is 9.90. The number of rotatable bonds is 6. The van der Waals surface area contributed by atoms with Gasteiger partial charge in [0.25, 0.3) is 0 Å². The van der Waals surface area contributed by atoms with Crippen LogP contribution < -0.4 is 9.47 Å². The second-order valence-corrected chi connectivity index (χ2v) is 3.44. The maximum atomic E-state index is 9.90. The Balaban J connectivity index is 2.85. The highest BCUT2D eigenvalue weighted by atomic mass is 16.5. The van der Waals surface area contributed by atoms with Crippen LogP contribution >= 0.6 is 0 Å². The van der Waals surface area contributed by atoms with Crippen LogP contribution in [-0.2, 0) is 4.74 Å². The van der Waals surface area contributed by atoms with Crippen molar-refractivity contribution < 1.29 is 19.3 Å². The first kappa shape index (κ1) is 12.8. The van der Waals surface area contributed by atoms with Gasteiger partial charge in [0.05, 0.1) is 20.3 Å². The van der Waals surface area contributed by atoms with Gasteiger partial charge in [-0.3, -0.25) is 0 Å². The molecular formula is C12H18O4. The van der Waals surface area contributed by atoms with E-state index in [4.69, 9.17) is 14.2 Å². The van der Waals surface area contributed by atoms with E-state index >= 15 is 0 Å². The normalized spacial score (nSPS) is 12.2. The number of aliphatic hydroxyl groups is 1. The van der Waals surface area contributed by atoms with Gasteiger partial charge in [0, 0.05) is 26.2 Å². The average molecular weight is 226 g/mol. The summed E-state index contributed by atoms with van der Waals surface area (Å²) in [5.41, 5.74) is 0.772. The lowest BCUT2D eigenvalue weighted by atomic mass is 10.1. The lowest BCUT2D eigenvalue weighted by Gasteiger charge is -2.13. The summed E-state index contributed by atoms with van der Waals surface area (Å²) < 4.78 is 15.2. The topological polar surface area (TPSA) is 47.9 Å². The largest absolute Gasteiger partial charge is 0.497 e. The zero-order valence-electron chi connectivity index (χ0n) is 9.90. The lowest BCUT2D eigenvalue weighted by Crippen LogP contribution is -2.02. The maximum Gasteiger partial charge on any atom is 0.122 e. The molecule has 1 atom stereocenters. The SMILES string of the molecule is COCCC(O)c1cc(OC)cc(OC)c1. The molecule has 0 aliphatic carbocycles. The number of hydrogen-bond acceptors (Lipinski definition) is 4. The standard InChI is InChI=1S/C12H18O4/c1-14-5-4-12(13)9-6-10(15-2)8-11(7-9)16-3/h6-8,12-13H,4-5H2,1-3H3. The molecule has 0 saturated carbocycles. The summed E-state index contributed by atoms with van der Waals surface area (Å²) >= 11 is 0. The van der Waals surface area contributed by atoms with Crippen LogP contribution in [-0.4, -0.2) is 33.0 Å². The van der Waals surface area contributed by atoms with E-state index in [1.807, 2.05) is 0 Å². The smallest absolute Gasteiger partial charge is 0.122 e. The summed E-state index contributed by atoms with van der Waals surface area (Å²) in [7, 11) is 4.78. The van der Waals surface area contributed by atoms with Gasteiger partial charge in [-0.25, -0.2) is 0 Å². The van der Waals surface area contributed by atoms with Crippen molar-refractivity contribution in [3.05, 3.63) is 23.8 Å². The molecule has 0 aromatic heterocycles. The zero-order valence-corrected chi connectivity index (χ0v) is 9.90. The lowest BCUT2D eigenvalue weighted by molar-refractivity contribution is 0.110. The average Bonchev–Trinajstić information content (AvgIpc) is 2.35. The van der Waals surface area contributed by atoms with Crippen molar-refractivity contribution in [3.8, 4) is 11.5 Å². The van der Waals surface area contributed by atoms with Crippen molar-refractivity contribution in [3.63, 3.8) is 0 Å². The molecule has 0 fully saturated rings. The second kappa shape index (κ2) is 6.35. The van der Waals surface area contributed by atoms with E-state index in [2.05, 4.69) is 0 Å². The third kappa shape index (κ3) is 3.40. The Labute approximate surface area is 95.8 Å². The summed E-state index contributed by atoms with van der Waals surface area (Å²) in [4.78, 5) is 0. The molecule has 1 unspecified atom stereocenters. The fourth-order valence-electron chi connectivity index (χ4n) is 1.42. The molecule has 0 aliphatic rings. The van der Waals surface area contributed by atoms with Gasteiger partial charge in [-0.2, -0.15) is 0 Å². The molecule has 16 heavy (non-hydrogen) atoms.